The summed E-state index contributed by atoms with van der Waals surface area (Å²) in [5.74, 6) is -0.411. The van der Waals surface area contributed by atoms with Crippen molar-refractivity contribution in [3.63, 3.8) is 0 Å². The van der Waals surface area contributed by atoms with Crippen LogP contribution >= 0.6 is 0 Å². The van der Waals surface area contributed by atoms with E-state index in [1.54, 1.807) is 11.8 Å². The average Bonchev–Trinajstić information content (AvgIpc) is 2.86. The number of hydrogen-bond donors (Lipinski definition) is 1. The molecule has 0 unspecified atom stereocenters. The number of hydrogen-bond acceptors (Lipinski definition) is 4. The van der Waals surface area contributed by atoms with Crippen molar-refractivity contribution >= 4 is 23.6 Å². The molecule has 2 saturated heterocycles. The number of rotatable bonds is 4. The fourth-order valence-corrected chi connectivity index (χ4v) is 3.72. The monoisotopic (exact) mass is 360 g/mol. The molecule has 0 saturated carbocycles. The van der Waals surface area contributed by atoms with E-state index < -0.39 is 6.04 Å². The van der Waals surface area contributed by atoms with Gasteiger partial charge >= 0.3 is 12.0 Å². The minimum Gasteiger partial charge on any atom is -0.469 e. The number of urea groups is 1. The first-order chi connectivity index (χ1) is 12.4. The number of piperidine rings is 1. The maximum Gasteiger partial charge on any atom is 0.336 e. The maximum atomic E-state index is 12.8. The Labute approximate surface area is 153 Å². The number of amides is 3. The molecule has 140 valence electrons. The van der Waals surface area contributed by atoms with Crippen LogP contribution in [0.15, 0.2) is 24.3 Å². The lowest BCUT2D eigenvalue weighted by Gasteiger charge is -2.29. The van der Waals surface area contributed by atoms with E-state index in [9.17, 15) is 14.4 Å². The van der Waals surface area contributed by atoms with Crippen molar-refractivity contribution in [1.29, 1.82) is 0 Å². The number of nitrogens with zero attached hydrogens (tertiary/aromatic N) is 2. The van der Waals surface area contributed by atoms with Crippen LogP contribution in [0.1, 0.15) is 25.3 Å². The van der Waals surface area contributed by atoms with E-state index >= 15 is 0 Å². The van der Waals surface area contributed by atoms with Gasteiger partial charge in [-0.2, -0.15) is 0 Å². The Bertz CT molecular complexity index is 695. The van der Waals surface area contributed by atoms with Gasteiger partial charge < -0.3 is 9.64 Å². The van der Waals surface area contributed by atoms with Gasteiger partial charge in [-0.05, 0) is 26.0 Å². The standard InChI is InChI=1S/C19H25N3O4/c1-13-4-6-16(7-5-13)22-14(2)17(23)21(19(22)25)12-20-10-8-15(9-11-20)18(24)26-3/h4-7,14-15H,8-12H2,1-3H3/p+1/t14-/m0/s1. The van der Waals surface area contributed by atoms with Gasteiger partial charge in [0.15, 0.2) is 6.67 Å². The fraction of sp³-hybridized carbons (Fsp3) is 0.526. The number of likely N-dealkylation sites (tertiary alicyclic amines) is 1. The molecule has 1 N–H and O–H groups in total. The molecule has 0 radical (unpaired) electrons. The number of nitrogens with one attached hydrogen (secondary N) is 1. The van der Waals surface area contributed by atoms with Crippen molar-refractivity contribution in [2.75, 3.05) is 31.8 Å². The molecule has 0 aliphatic carbocycles. The van der Waals surface area contributed by atoms with Crippen LogP contribution in [0.25, 0.3) is 0 Å². The highest BCUT2D eigenvalue weighted by Crippen LogP contribution is 2.25. The molecule has 0 aromatic heterocycles. The molecule has 26 heavy (non-hydrogen) atoms. The van der Waals surface area contributed by atoms with Gasteiger partial charge in [0.2, 0.25) is 0 Å². The van der Waals surface area contributed by atoms with E-state index in [4.69, 9.17) is 4.74 Å². The molecule has 2 fully saturated rings. The van der Waals surface area contributed by atoms with Gasteiger partial charge in [-0.25, -0.2) is 9.69 Å². The smallest absolute Gasteiger partial charge is 0.336 e. The normalized spacial score (nSPS) is 26.3. The highest BCUT2D eigenvalue weighted by Gasteiger charge is 2.45. The van der Waals surface area contributed by atoms with Gasteiger partial charge in [-0.15, -0.1) is 0 Å². The molecule has 3 rings (SSSR count). The van der Waals surface area contributed by atoms with Crippen LogP contribution in [0.5, 0.6) is 0 Å². The van der Waals surface area contributed by atoms with Crippen molar-refractivity contribution in [1.82, 2.24) is 4.90 Å². The summed E-state index contributed by atoms with van der Waals surface area (Å²) in [4.78, 5) is 41.2. The van der Waals surface area contributed by atoms with Crippen molar-refractivity contribution < 1.29 is 24.0 Å². The van der Waals surface area contributed by atoms with Crippen LogP contribution < -0.4 is 9.80 Å². The first-order valence-electron chi connectivity index (χ1n) is 9.05. The second kappa shape index (κ2) is 7.45. The summed E-state index contributed by atoms with van der Waals surface area (Å²) >= 11 is 0. The zero-order chi connectivity index (χ0) is 18.8. The minimum absolute atomic E-state index is 0.0725. The second-order valence-corrected chi connectivity index (χ2v) is 7.14. The molecule has 2 heterocycles. The summed E-state index contributed by atoms with van der Waals surface area (Å²) in [6.07, 6.45) is 1.44. The van der Waals surface area contributed by atoms with E-state index in [0.29, 0.717) is 6.67 Å². The number of benzene rings is 1. The van der Waals surface area contributed by atoms with E-state index in [2.05, 4.69) is 0 Å². The highest BCUT2D eigenvalue weighted by molar-refractivity contribution is 6.13. The third-order valence-electron chi connectivity index (χ3n) is 5.37. The van der Waals surface area contributed by atoms with Crippen molar-refractivity contribution in [3.8, 4) is 0 Å². The van der Waals surface area contributed by atoms with Crippen LogP contribution in [0.2, 0.25) is 0 Å². The van der Waals surface area contributed by atoms with Crippen LogP contribution in [0.3, 0.4) is 0 Å². The zero-order valence-corrected chi connectivity index (χ0v) is 15.5. The Morgan fingerprint density at radius 1 is 1.19 bits per heavy atom. The van der Waals surface area contributed by atoms with Crippen molar-refractivity contribution in [2.45, 2.75) is 32.7 Å². The topological polar surface area (TPSA) is 71.4 Å². The zero-order valence-electron chi connectivity index (χ0n) is 15.5. The number of esters is 1. The maximum absolute atomic E-state index is 12.8. The summed E-state index contributed by atoms with van der Waals surface area (Å²) in [6.45, 7) is 5.58. The Kier molecular flexibility index (Phi) is 5.27. The number of imide groups is 1. The highest BCUT2D eigenvalue weighted by atomic mass is 16.5. The molecule has 1 aromatic rings. The summed E-state index contributed by atoms with van der Waals surface area (Å²) in [5.41, 5.74) is 1.84. The Balaban J connectivity index is 1.66. The van der Waals surface area contributed by atoms with E-state index in [1.165, 1.54) is 12.0 Å². The molecule has 0 bridgehead atoms. The Hall–Kier alpha value is -2.41. The number of methoxy groups -OCH3 is 1. The number of quaternary nitrogens is 1. The summed E-state index contributed by atoms with van der Waals surface area (Å²) in [5, 5.41) is 0. The molecular weight excluding hydrogens is 334 g/mol. The summed E-state index contributed by atoms with van der Waals surface area (Å²) in [6, 6.07) is 6.84. The Morgan fingerprint density at radius 2 is 1.81 bits per heavy atom. The quantitative estimate of drug-likeness (QED) is 0.630. The molecule has 7 nitrogen and oxygen atoms in total. The summed E-state index contributed by atoms with van der Waals surface area (Å²) in [7, 11) is 1.41. The lowest BCUT2D eigenvalue weighted by atomic mass is 9.97. The van der Waals surface area contributed by atoms with Gasteiger partial charge in [0.25, 0.3) is 5.91 Å². The largest absolute Gasteiger partial charge is 0.469 e. The molecule has 1 atom stereocenters. The van der Waals surface area contributed by atoms with Crippen LogP contribution in [-0.4, -0.2) is 55.7 Å². The number of carbonyl (C=O) groups excluding carboxylic acids is 3. The second-order valence-electron chi connectivity index (χ2n) is 7.14. The van der Waals surface area contributed by atoms with E-state index in [0.717, 1.165) is 42.1 Å². The number of ether oxygens (including phenoxy) is 1. The van der Waals surface area contributed by atoms with E-state index in [-0.39, 0.29) is 23.8 Å². The van der Waals surface area contributed by atoms with Crippen molar-refractivity contribution in [2.24, 2.45) is 5.92 Å². The fourth-order valence-electron chi connectivity index (χ4n) is 3.72. The SMILES string of the molecule is COC(=O)C1CC[NH+](CN2C(=O)[C@H](C)N(c3ccc(C)cc3)C2=O)CC1. The van der Waals surface area contributed by atoms with Gasteiger partial charge in [0, 0.05) is 18.5 Å². The predicted molar refractivity (Wildman–Crippen MR) is 95.7 cm³/mol. The van der Waals surface area contributed by atoms with Crippen LogP contribution in [-0.2, 0) is 14.3 Å². The van der Waals surface area contributed by atoms with Gasteiger partial charge in [0.05, 0.1) is 26.1 Å². The molecule has 0 spiro atoms. The molecule has 7 heteroatoms. The molecule has 2 aliphatic heterocycles. The average molecular weight is 360 g/mol. The number of carbonyl (C=O) groups is 3. The number of anilines is 1. The first kappa shape index (κ1) is 18.4. The molecule has 1 aromatic carbocycles. The molecular formula is C19H26N3O4+. The number of aryl methyl sites for hydroxylation is 1. The summed E-state index contributed by atoms with van der Waals surface area (Å²) < 4.78 is 4.80. The van der Waals surface area contributed by atoms with Crippen molar-refractivity contribution in [3.05, 3.63) is 29.8 Å². The lowest BCUT2D eigenvalue weighted by molar-refractivity contribution is -0.912. The van der Waals surface area contributed by atoms with Gasteiger partial charge in [-0.1, -0.05) is 17.7 Å². The predicted octanol–water partition coefficient (Wildman–Crippen LogP) is 0.578. The third-order valence-corrected chi connectivity index (χ3v) is 5.37. The Morgan fingerprint density at radius 3 is 2.38 bits per heavy atom. The minimum atomic E-state index is -0.503. The molecule has 2 aliphatic rings. The molecule has 3 amide bonds. The van der Waals surface area contributed by atoms with Crippen LogP contribution in [0.4, 0.5) is 10.5 Å². The lowest BCUT2D eigenvalue weighted by Crippen LogP contribution is -3.14. The van der Waals surface area contributed by atoms with Gasteiger partial charge in [0.1, 0.15) is 6.04 Å². The third kappa shape index (κ3) is 3.44. The van der Waals surface area contributed by atoms with Crippen LogP contribution in [0, 0.1) is 12.8 Å². The first-order valence-corrected chi connectivity index (χ1v) is 9.05. The van der Waals surface area contributed by atoms with E-state index in [1.807, 2.05) is 31.2 Å². The van der Waals surface area contributed by atoms with Gasteiger partial charge in [-0.3, -0.25) is 14.5 Å².